The largest absolute Gasteiger partial charge is 0.327 e. The van der Waals surface area contributed by atoms with Gasteiger partial charge in [0.15, 0.2) is 0 Å². The number of hydrogen-bond donors (Lipinski definition) is 3. The third-order valence-electron chi connectivity index (χ3n) is 4.20. The molecule has 0 aromatic heterocycles. The van der Waals surface area contributed by atoms with Crippen molar-refractivity contribution < 1.29 is 9.59 Å². The van der Waals surface area contributed by atoms with Crippen LogP contribution in [0.1, 0.15) is 29.7 Å². The molecular formula is C20H20ClN3O2. The normalized spacial score (nSPS) is 16.8. The number of urea groups is 1. The van der Waals surface area contributed by atoms with Gasteiger partial charge in [0.1, 0.15) is 0 Å². The Morgan fingerprint density at radius 2 is 1.65 bits per heavy atom. The zero-order valence-corrected chi connectivity index (χ0v) is 15.6. The van der Waals surface area contributed by atoms with Crippen LogP contribution in [0.5, 0.6) is 0 Å². The first-order valence-electron chi connectivity index (χ1n) is 8.27. The summed E-state index contributed by atoms with van der Waals surface area (Å²) < 4.78 is 0. The topological polar surface area (TPSA) is 70.2 Å². The van der Waals surface area contributed by atoms with Crippen LogP contribution in [0.2, 0.25) is 5.02 Å². The highest BCUT2D eigenvalue weighted by Gasteiger charge is 2.31. The Morgan fingerprint density at radius 1 is 1.04 bits per heavy atom. The molecule has 1 aliphatic heterocycles. The van der Waals surface area contributed by atoms with Crippen molar-refractivity contribution in [1.29, 1.82) is 0 Å². The number of anilines is 1. The maximum absolute atomic E-state index is 13.0. The van der Waals surface area contributed by atoms with Gasteiger partial charge in [-0.3, -0.25) is 4.79 Å². The first kappa shape index (κ1) is 18.0. The fourth-order valence-corrected chi connectivity index (χ4v) is 3.27. The van der Waals surface area contributed by atoms with E-state index in [0.29, 0.717) is 16.3 Å². The van der Waals surface area contributed by atoms with Crippen LogP contribution >= 0.6 is 11.6 Å². The van der Waals surface area contributed by atoms with Gasteiger partial charge in [0.25, 0.3) is 5.91 Å². The molecule has 134 valence electrons. The highest BCUT2D eigenvalue weighted by molar-refractivity contribution is 6.30. The molecule has 1 unspecified atom stereocenters. The van der Waals surface area contributed by atoms with E-state index >= 15 is 0 Å². The highest BCUT2D eigenvalue weighted by Crippen LogP contribution is 2.28. The molecule has 1 atom stereocenters. The van der Waals surface area contributed by atoms with Crippen molar-refractivity contribution in [3.63, 3.8) is 0 Å². The van der Waals surface area contributed by atoms with Crippen LogP contribution in [0.4, 0.5) is 10.5 Å². The van der Waals surface area contributed by atoms with Crippen molar-refractivity contribution in [3.05, 3.63) is 75.4 Å². The molecule has 0 saturated carbocycles. The molecule has 6 heteroatoms. The molecule has 5 nitrogen and oxygen atoms in total. The number of carbonyl (C=O) groups excluding carboxylic acids is 2. The SMILES string of the molecule is CC1=C(C(=O)Nc2cc(C)cc(C)c2)C(c2ccc(Cl)cc2)NC(=O)N1. The van der Waals surface area contributed by atoms with Crippen LogP contribution in [-0.2, 0) is 4.79 Å². The molecule has 2 aromatic carbocycles. The minimum atomic E-state index is -0.549. The Balaban J connectivity index is 1.95. The van der Waals surface area contributed by atoms with Gasteiger partial charge in [-0.05, 0) is 61.7 Å². The van der Waals surface area contributed by atoms with E-state index in [1.54, 1.807) is 31.2 Å². The Morgan fingerprint density at radius 3 is 2.27 bits per heavy atom. The lowest BCUT2D eigenvalue weighted by Crippen LogP contribution is -2.45. The second-order valence-electron chi connectivity index (χ2n) is 6.45. The van der Waals surface area contributed by atoms with Crippen molar-refractivity contribution in [2.24, 2.45) is 0 Å². The van der Waals surface area contributed by atoms with Crippen LogP contribution in [0.25, 0.3) is 0 Å². The molecular weight excluding hydrogens is 350 g/mol. The van der Waals surface area contributed by atoms with Crippen molar-refractivity contribution in [1.82, 2.24) is 10.6 Å². The molecule has 0 spiro atoms. The lowest BCUT2D eigenvalue weighted by molar-refractivity contribution is -0.113. The molecule has 0 aliphatic carbocycles. The molecule has 3 amide bonds. The molecule has 0 radical (unpaired) electrons. The van der Waals surface area contributed by atoms with Crippen LogP contribution in [0, 0.1) is 13.8 Å². The van der Waals surface area contributed by atoms with Gasteiger partial charge in [-0.2, -0.15) is 0 Å². The summed E-state index contributed by atoms with van der Waals surface area (Å²) >= 11 is 5.95. The summed E-state index contributed by atoms with van der Waals surface area (Å²) in [5.74, 6) is -0.264. The summed E-state index contributed by atoms with van der Waals surface area (Å²) in [5.41, 5.74) is 4.63. The minimum absolute atomic E-state index is 0.264. The van der Waals surface area contributed by atoms with Crippen LogP contribution in [0.15, 0.2) is 53.7 Å². The van der Waals surface area contributed by atoms with Gasteiger partial charge in [0.2, 0.25) is 0 Å². The number of carbonyl (C=O) groups is 2. The smallest absolute Gasteiger partial charge is 0.319 e. The number of aryl methyl sites for hydroxylation is 2. The molecule has 3 N–H and O–H groups in total. The summed E-state index contributed by atoms with van der Waals surface area (Å²) in [7, 11) is 0. The molecule has 2 aromatic rings. The summed E-state index contributed by atoms with van der Waals surface area (Å²) in [4.78, 5) is 24.9. The van der Waals surface area contributed by atoms with E-state index in [1.807, 2.05) is 32.0 Å². The fraction of sp³-hybridized carbons (Fsp3) is 0.200. The van der Waals surface area contributed by atoms with Gasteiger partial charge in [-0.25, -0.2) is 4.79 Å². The van der Waals surface area contributed by atoms with Crippen LogP contribution in [0.3, 0.4) is 0 Å². The standard InChI is InChI=1S/C20H20ClN3O2/c1-11-8-12(2)10-16(9-11)23-19(25)17-13(3)22-20(26)24-18(17)14-4-6-15(21)7-5-14/h4-10,18H,1-3H3,(H,23,25)(H2,22,24,26). The molecule has 0 fully saturated rings. The van der Waals surface area contributed by atoms with Crippen molar-refractivity contribution >= 4 is 29.2 Å². The summed E-state index contributed by atoms with van der Waals surface area (Å²) in [5, 5.41) is 9.01. The van der Waals surface area contributed by atoms with E-state index in [4.69, 9.17) is 11.6 Å². The van der Waals surface area contributed by atoms with Crippen LogP contribution in [-0.4, -0.2) is 11.9 Å². The average molecular weight is 370 g/mol. The number of benzene rings is 2. The highest BCUT2D eigenvalue weighted by atomic mass is 35.5. The third kappa shape index (κ3) is 3.89. The minimum Gasteiger partial charge on any atom is -0.327 e. The lowest BCUT2D eigenvalue weighted by Gasteiger charge is -2.28. The van der Waals surface area contributed by atoms with Crippen molar-refractivity contribution in [2.75, 3.05) is 5.32 Å². The molecule has 0 bridgehead atoms. The molecule has 26 heavy (non-hydrogen) atoms. The second-order valence-corrected chi connectivity index (χ2v) is 6.89. The van der Waals surface area contributed by atoms with E-state index in [9.17, 15) is 9.59 Å². The zero-order valence-electron chi connectivity index (χ0n) is 14.8. The summed E-state index contributed by atoms with van der Waals surface area (Å²) in [6, 6.07) is 12.0. The van der Waals surface area contributed by atoms with E-state index in [2.05, 4.69) is 16.0 Å². The summed E-state index contributed by atoms with van der Waals surface area (Å²) in [6.45, 7) is 5.68. The zero-order chi connectivity index (χ0) is 18.8. The van der Waals surface area contributed by atoms with Gasteiger partial charge in [-0.1, -0.05) is 29.8 Å². The fourth-order valence-electron chi connectivity index (χ4n) is 3.15. The number of rotatable bonds is 3. The van der Waals surface area contributed by atoms with Crippen LogP contribution < -0.4 is 16.0 Å². The Bertz CT molecular complexity index is 884. The monoisotopic (exact) mass is 369 g/mol. The first-order chi connectivity index (χ1) is 12.3. The Labute approximate surface area is 157 Å². The maximum atomic E-state index is 13.0. The van der Waals surface area contributed by atoms with Gasteiger partial charge in [0, 0.05) is 16.4 Å². The predicted molar refractivity (Wildman–Crippen MR) is 103 cm³/mol. The van der Waals surface area contributed by atoms with Gasteiger partial charge >= 0.3 is 6.03 Å². The summed E-state index contributed by atoms with van der Waals surface area (Å²) in [6.07, 6.45) is 0. The van der Waals surface area contributed by atoms with E-state index in [0.717, 1.165) is 22.4 Å². The number of allylic oxidation sites excluding steroid dienone is 1. The molecule has 1 heterocycles. The maximum Gasteiger partial charge on any atom is 0.319 e. The van der Waals surface area contributed by atoms with E-state index in [1.165, 1.54) is 0 Å². The Kier molecular flexibility index (Phi) is 5.00. The number of halogens is 1. The number of nitrogens with one attached hydrogen (secondary N) is 3. The third-order valence-corrected chi connectivity index (χ3v) is 4.45. The molecule has 1 aliphatic rings. The van der Waals surface area contributed by atoms with Crippen molar-refractivity contribution in [3.8, 4) is 0 Å². The number of amides is 3. The lowest BCUT2D eigenvalue weighted by atomic mass is 9.95. The second kappa shape index (κ2) is 7.22. The molecule has 0 saturated heterocycles. The first-order valence-corrected chi connectivity index (χ1v) is 8.64. The van der Waals surface area contributed by atoms with Gasteiger partial charge < -0.3 is 16.0 Å². The van der Waals surface area contributed by atoms with Crippen molar-refractivity contribution in [2.45, 2.75) is 26.8 Å². The van der Waals surface area contributed by atoms with Gasteiger partial charge in [0.05, 0.1) is 11.6 Å². The Hall–Kier alpha value is -2.79. The average Bonchev–Trinajstić information content (AvgIpc) is 2.53. The van der Waals surface area contributed by atoms with E-state index < -0.39 is 6.04 Å². The quantitative estimate of drug-likeness (QED) is 0.757. The predicted octanol–water partition coefficient (Wildman–Crippen LogP) is 4.22. The molecule has 3 rings (SSSR count). The van der Waals surface area contributed by atoms with E-state index in [-0.39, 0.29) is 11.9 Å². The van der Waals surface area contributed by atoms with Gasteiger partial charge in [-0.15, -0.1) is 0 Å². The number of hydrogen-bond acceptors (Lipinski definition) is 2.